The second-order valence-corrected chi connectivity index (χ2v) is 8.51. The van der Waals surface area contributed by atoms with E-state index in [0.717, 1.165) is 0 Å². The molecular formula is C4H9ClOSi. The van der Waals surface area contributed by atoms with Crippen molar-refractivity contribution in [3.63, 3.8) is 0 Å². The molecule has 0 aliphatic rings. The third kappa shape index (κ3) is 2.82. The molecule has 0 bridgehead atoms. The van der Waals surface area contributed by atoms with Gasteiger partial charge in [0, 0.05) is 0 Å². The topological polar surface area (TPSA) is 17.1 Å². The first-order chi connectivity index (χ1) is 2.94. The molecule has 0 fully saturated rings. The van der Waals surface area contributed by atoms with Crippen LogP contribution in [-0.4, -0.2) is 12.8 Å². The average Bonchev–Trinajstić information content (AvgIpc) is 1.31. The molecule has 0 heterocycles. The van der Waals surface area contributed by atoms with Crippen LogP contribution < -0.4 is 0 Å². The zero-order valence-electron chi connectivity index (χ0n) is 4.79. The van der Waals surface area contributed by atoms with Crippen LogP contribution in [0.15, 0.2) is 0 Å². The van der Waals surface area contributed by atoms with Gasteiger partial charge in [0.15, 0.2) is 0 Å². The highest BCUT2D eigenvalue weighted by Gasteiger charge is 2.22. The van der Waals surface area contributed by atoms with E-state index >= 15 is 0 Å². The van der Waals surface area contributed by atoms with Crippen LogP contribution in [0.25, 0.3) is 0 Å². The summed E-state index contributed by atoms with van der Waals surface area (Å²) in [6.07, 6.45) is 0. The van der Waals surface area contributed by atoms with E-state index < -0.39 is 7.38 Å². The molecule has 3 heteroatoms. The second-order valence-electron chi connectivity index (χ2n) is 2.03. The SMILES string of the molecule is CC(=O)[Si](C)(C)Cl. The number of carbonyl (C=O) groups is 1. The molecule has 1 nitrogen and oxygen atoms in total. The van der Waals surface area contributed by atoms with Crippen LogP contribution in [-0.2, 0) is 4.79 Å². The maximum absolute atomic E-state index is 10.4. The summed E-state index contributed by atoms with van der Waals surface area (Å²) in [5, 5.41) is 0.147. The van der Waals surface area contributed by atoms with Crippen LogP contribution in [0.2, 0.25) is 13.1 Å². The summed E-state index contributed by atoms with van der Waals surface area (Å²) in [5.74, 6) is 0. The molecule has 0 spiro atoms. The minimum absolute atomic E-state index is 0.147. The molecule has 42 valence electrons. The molecule has 7 heavy (non-hydrogen) atoms. The Hall–Kier alpha value is 0.177. The van der Waals surface area contributed by atoms with Gasteiger partial charge in [0.05, 0.1) is 0 Å². The van der Waals surface area contributed by atoms with Crippen molar-refractivity contribution in [2.45, 2.75) is 20.0 Å². The summed E-state index contributed by atoms with van der Waals surface area (Å²) in [5.41, 5.74) is 0. The normalized spacial score (nSPS) is 11.4. The lowest BCUT2D eigenvalue weighted by Gasteiger charge is -2.04. The molecule has 0 N–H and O–H groups in total. The zero-order chi connectivity index (χ0) is 6.08. The molecule has 0 saturated heterocycles. The predicted octanol–water partition coefficient (Wildman–Crippen LogP) is 1.56. The van der Waals surface area contributed by atoms with Crippen molar-refractivity contribution in [2.75, 3.05) is 0 Å². The lowest BCUT2D eigenvalue weighted by Crippen LogP contribution is -2.27. The second kappa shape index (κ2) is 1.97. The number of carbonyl (C=O) groups excluding carboxylic acids is 1. The molecular weight excluding hydrogens is 128 g/mol. The molecule has 0 rings (SSSR count). The molecule has 0 saturated carbocycles. The van der Waals surface area contributed by atoms with Gasteiger partial charge in [0.1, 0.15) is 5.41 Å². The Kier molecular flexibility index (Phi) is 2.02. The largest absolute Gasteiger partial charge is 0.304 e. The molecule has 0 aliphatic heterocycles. The van der Waals surface area contributed by atoms with Crippen LogP contribution >= 0.6 is 11.1 Å². The van der Waals surface area contributed by atoms with Gasteiger partial charge in [0.2, 0.25) is 7.38 Å². The molecule has 0 aromatic rings. The van der Waals surface area contributed by atoms with E-state index in [0.29, 0.717) is 0 Å². The highest BCUT2D eigenvalue weighted by molar-refractivity contribution is 7.34. The fraction of sp³-hybridized carbons (Fsp3) is 0.750. The summed E-state index contributed by atoms with van der Waals surface area (Å²) < 4.78 is 0. The van der Waals surface area contributed by atoms with Crippen LogP contribution in [0.3, 0.4) is 0 Å². The summed E-state index contributed by atoms with van der Waals surface area (Å²) >= 11 is 5.66. The van der Waals surface area contributed by atoms with E-state index in [1.54, 1.807) is 6.92 Å². The Morgan fingerprint density at radius 3 is 1.71 bits per heavy atom. The van der Waals surface area contributed by atoms with Gasteiger partial charge in [-0.3, -0.25) is 0 Å². The molecule has 0 aliphatic carbocycles. The Morgan fingerprint density at radius 1 is 1.57 bits per heavy atom. The van der Waals surface area contributed by atoms with E-state index in [1.807, 2.05) is 13.1 Å². The third-order valence-corrected chi connectivity index (χ3v) is 3.31. The summed E-state index contributed by atoms with van der Waals surface area (Å²) in [6, 6.07) is 0. The van der Waals surface area contributed by atoms with Gasteiger partial charge in [-0.1, -0.05) is 0 Å². The van der Waals surface area contributed by atoms with E-state index in [4.69, 9.17) is 11.1 Å². The highest BCUT2D eigenvalue weighted by atomic mass is 35.6. The number of hydrogen-bond donors (Lipinski definition) is 0. The molecule has 0 radical (unpaired) electrons. The van der Waals surface area contributed by atoms with E-state index in [1.165, 1.54) is 0 Å². The van der Waals surface area contributed by atoms with Crippen molar-refractivity contribution < 1.29 is 4.79 Å². The van der Waals surface area contributed by atoms with Crippen molar-refractivity contribution in [2.24, 2.45) is 0 Å². The Balaban J connectivity index is 3.79. The van der Waals surface area contributed by atoms with Crippen molar-refractivity contribution >= 4 is 23.9 Å². The van der Waals surface area contributed by atoms with Gasteiger partial charge >= 0.3 is 0 Å². The van der Waals surface area contributed by atoms with Crippen molar-refractivity contribution in [3.05, 3.63) is 0 Å². The van der Waals surface area contributed by atoms with Gasteiger partial charge < -0.3 is 4.79 Å². The van der Waals surface area contributed by atoms with Crippen molar-refractivity contribution in [3.8, 4) is 0 Å². The van der Waals surface area contributed by atoms with Gasteiger partial charge in [-0.2, -0.15) is 11.1 Å². The fourth-order valence-corrected chi connectivity index (χ4v) is 0. The van der Waals surface area contributed by atoms with Crippen LogP contribution in [0.5, 0.6) is 0 Å². The van der Waals surface area contributed by atoms with Crippen molar-refractivity contribution in [1.29, 1.82) is 0 Å². The Bertz CT molecular complexity index is 84.2. The first-order valence-electron chi connectivity index (χ1n) is 2.14. The monoisotopic (exact) mass is 136 g/mol. The zero-order valence-corrected chi connectivity index (χ0v) is 6.54. The molecule has 0 amide bonds. The van der Waals surface area contributed by atoms with Gasteiger partial charge in [-0.25, -0.2) is 0 Å². The minimum Gasteiger partial charge on any atom is -0.304 e. The summed E-state index contributed by atoms with van der Waals surface area (Å²) in [4.78, 5) is 10.4. The van der Waals surface area contributed by atoms with Gasteiger partial charge in [-0.05, 0) is 20.0 Å². The van der Waals surface area contributed by atoms with Crippen LogP contribution in [0, 0.1) is 0 Å². The quantitative estimate of drug-likeness (QED) is 0.395. The van der Waals surface area contributed by atoms with Gasteiger partial charge in [0.25, 0.3) is 0 Å². The fourth-order valence-electron chi connectivity index (χ4n) is 0. The maximum atomic E-state index is 10.4. The van der Waals surface area contributed by atoms with Crippen LogP contribution in [0.1, 0.15) is 6.92 Å². The third-order valence-electron chi connectivity index (χ3n) is 0.837. The molecule has 0 unspecified atom stereocenters. The first kappa shape index (κ1) is 7.18. The van der Waals surface area contributed by atoms with E-state index in [-0.39, 0.29) is 5.41 Å². The van der Waals surface area contributed by atoms with E-state index in [9.17, 15) is 4.79 Å². The number of halogens is 1. The number of rotatable bonds is 1. The highest BCUT2D eigenvalue weighted by Crippen LogP contribution is 2.06. The Labute approximate surface area is 49.4 Å². The summed E-state index contributed by atoms with van der Waals surface area (Å²) in [6.45, 7) is 5.17. The smallest absolute Gasteiger partial charge is 0.223 e. The van der Waals surface area contributed by atoms with E-state index in [2.05, 4.69) is 0 Å². The molecule has 0 atom stereocenters. The Morgan fingerprint density at radius 2 is 1.71 bits per heavy atom. The predicted molar refractivity (Wildman–Crippen MR) is 34.0 cm³/mol. The molecule has 0 aromatic heterocycles. The first-order valence-corrected chi connectivity index (χ1v) is 6.15. The summed E-state index contributed by atoms with van der Waals surface area (Å²) in [7, 11) is -1.90. The maximum Gasteiger partial charge on any atom is 0.223 e. The lowest BCUT2D eigenvalue weighted by molar-refractivity contribution is -0.110. The standard InChI is InChI=1S/C4H9ClOSi/c1-4(6)7(2,3)5/h1-3H3. The molecule has 0 aromatic carbocycles. The minimum atomic E-state index is -1.90. The average molecular weight is 137 g/mol. The lowest BCUT2D eigenvalue weighted by atomic mass is 10.9. The van der Waals surface area contributed by atoms with Gasteiger partial charge in [-0.15, -0.1) is 0 Å². The number of hydrogen-bond acceptors (Lipinski definition) is 1. The van der Waals surface area contributed by atoms with Crippen LogP contribution in [0.4, 0.5) is 0 Å². The van der Waals surface area contributed by atoms with Crippen molar-refractivity contribution in [1.82, 2.24) is 0 Å².